The zero-order chi connectivity index (χ0) is 27.8. The minimum Gasteiger partial charge on any atom is -0.483 e. The van der Waals surface area contributed by atoms with Crippen LogP contribution in [0.15, 0.2) is 93.5 Å². The van der Waals surface area contributed by atoms with Crippen molar-refractivity contribution in [2.45, 2.75) is 51.6 Å². The number of alkyl halides is 4. The third-order valence-corrected chi connectivity index (χ3v) is 9.15. The Hall–Kier alpha value is -2.64. The second-order valence-corrected chi connectivity index (χ2v) is 12.3. The molecule has 38 heavy (non-hydrogen) atoms. The first kappa shape index (κ1) is 28.4. The van der Waals surface area contributed by atoms with Gasteiger partial charge < -0.3 is 14.2 Å². The zero-order valence-electron chi connectivity index (χ0n) is 20.3. The SMILES string of the molecule is CC(Oc1ccc([S+](c2ccccc2)c2ccc(C3(C)OCC(F)(F)CO3)cc2)cc1)C(F)(F)S(=O)(=O)O. The van der Waals surface area contributed by atoms with Gasteiger partial charge in [0.15, 0.2) is 26.6 Å². The number of benzene rings is 3. The van der Waals surface area contributed by atoms with Crippen LogP contribution >= 0.6 is 0 Å². The zero-order valence-corrected chi connectivity index (χ0v) is 21.9. The lowest BCUT2D eigenvalue weighted by Gasteiger charge is -2.37. The van der Waals surface area contributed by atoms with E-state index in [0.717, 1.165) is 21.6 Å². The van der Waals surface area contributed by atoms with Crippen LogP contribution in [0.4, 0.5) is 17.6 Å². The van der Waals surface area contributed by atoms with Gasteiger partial charge in [-0.15, -0.1) is 0 Å². The van der Waals surface area contributed by atoms with E-state index in [1.807, 2.05) is 42.5 Å². The predicted octanol–water partition coefficient (Wildman–Crippen LogP) is 5.88. The molecule has 0 saturated carbocycles. The number of halogens is 4. The molecule has 204 valence electrons. The first-order chi connectivity index (χ1) is 17.7. The molecule has 2 unspecified atom stereocenters. The van der Waals surface area contributed by atoms with E-state index in [2.05, 4.69) is 0 Å². The van der Waals surface area contributed by atoms with Crippen LogP contribution in [-0.2, 0) is 36.3 Å². The normalized spacial score (nSPS) is 18.9. The van der Waals surface area contributed by atoms with Gasteiger partial charge in [-0.25, -0.2) is 8.78 Å². The minimum atomic E-state index is -5.65. The number of hydrogen-bond acceptors (Lipinski definition) is 5. The highest BCUT2D eigenvalue weighted by Gasteiger charge is 2.51. The summed E-state index contributed by atoms with van der Waals surface area (Å²) in [6.45, 7) is 0.935. The molecule has 0 radical (unpaired) electrons. The maximum absolute atomic E-state index is 13.9. The van der Waals surface area contributed by atoms with Gasteiger partial charge in [0.2, 0.25) is 0 Å². The Morgan fingerprint density at radius 1 is 0.895 bits per heavy atom. The van der Waals surface area contributed by atoms with Crippen LogP contribution in [0.1, 0.15) is 19.4 Å². The van der Waals surface area contributed by atoms with Crippen LogP contribution in [-0.4, -0.2) is 43.5 Å². The number of hydrogen-bond donors (Lipinski definition) is 1. The molecule has 0 aliphatic carbocycles. The van der Waals surface area contributed by atoms with Gasteiger partial charge in [0.25, 0.3) is 5.92 Å². The van der Waals surface area contributed by atoms with Gasteiger partial charge in [0, 0.05) is 5.56 Å². The summed E-state index contributed by atoms with van der Waals surface area (Å²) < 4.78 is 101. The van der Waals surface area contributed by atoms with Crippen molar-refractivity contribution >= 4 is 21.0 Å². The summed E-state index contributed by atoms with van der Waals surface area (Å²) in [7, 11) is -6.30. The van der Waals surface area contributed by atoms with E-state index in [1.54, 1.807) is 31.2 Å². The molecular formula is C26H25F4O6S2+. The van der Waals surface area contributed by atoms with Crippen molar-refractivity contribution in [2.75, 3.05) is 13.2 Å². The molecular weight excluding hydrogens is 548 g/mol. The van der Waals surface area contributed by atoms with Crippen LogP contribution in [0, 0.1) is 0 Å². The van der Waals surface area contributed by atoms with Crippen molar-refractivity contribution in [2.24, 2.45) is 0 Å². The molecule has 6 nitrogen and oxygen atoms in total. The fourth-order valence-corrected chi connectivity index (χ4v) is 6.26. The standard InChI is InChI=1S/C26H24F4O6S2/c1-18(26(29,30)38(31,32)33)36-20-10-14-23(15-11-20)37(21-6-4-3-5-7-21)22-12-8-19(9-13-22)24(2)34-16-25(27,28)17-35-24/h3-15,18H,16-17H2,1-2H3/p+1. The van der Waals surface area contributed by atoms with E-state index in [-0.39, 0.29) is 5.75 Å². The molecule has 12 heteroatoms. The Kier molecular flexibility index (Phi) is 7.84. The van der Waals surface area contributed by atoms with Gasteiger partial charge in [-0.2, -0.15) is 17.2 Å². The topological polar surface area (TPSA) is 82.1 Å². The average molecular weight is 574 g/mol. The fraction of sp³-hybridized carbons (Fsp3) is 0.308. The summed E-state index contributed by atoms with van der Waals surface area (Å²) in [4.78, 5) is 2.64. The Morgan fingerprint density at radius 3 is 1.87 bits per heavy atom. The Balaban J connectivity index is 1.60. The Labute approximate surface area is 220 Å². The highest BCUT2D eigenvalue weighted by atomic mass is 32.2. The van der Waals surface area contributed by atoms with Gasteiger partial charge in [-0.1, -0.05) is 18.2 Å². The molecule has 3 aromatic rings. The molecule has 3 aromatic carbocycles. The second kappa shape index (κ2) is 10.5. The molecule has 0 bridgehead atoms. The smallest absolute Gasteiger partial charge is 0.405 e. The molecule has 0 aromatic heterocycles. The Bertz CT molecular complexity index is 1340. The molecule has 4 rings (SSSR count). The fourth-order valence-electron chi connectivity index (χ4n) is 3.73. The van der Waals surface area contributed by atoms with Crippen molar-refractivity contribution < 1.29 is 44.7 Å². The quantitative estimate of drug-likeness (QED) is 0.206. The molecule has 1 fully saturated rings. The summed E-state index contributed by atoms with van der Waals surface area (Å²) in [5, 5.41) is -4.49. The maximum atomic E-state index is 13.9. The third-order valence-electron chi connectivity index (χ3n) is 5.90. The monoisotopic (exact) mass is 573 g/mol. The summed E-state index contributed by atoms with van der Waals surface area (Å²) in [5.41, 5.74) is 0.575. The minimum absolute atomic E-state index is 0.00661. The van der Waals surface area contributed by atoms with E-state index in [1.165, 1.54) is 12.1 Å². The van der Waals surface area contributed by atoms with Crippen LogP contribution in [0.25, 0.3) is 0 Å². The van der Waals surface area contributed by atoms with Gasteiger partial charge in [0.05, 0.1) is 10.9 Å². The van der Waals surface area contributed by atoms with Crippen LogP contribution in [0.5, 0.6) is 5.75 Å². The average Bonchev–Trinajstić information content (AvgIpc) is 2.87. The highest BCUT2D eigenvalue weighted by molar-refractivity contribution is 7.97. The van der Waals surface area contributed by atoms with Gasteiger partial charge in [-0.3, -0.25) is 4.55 Å². The van der Waals surface area contributed by atoms with Crippen LogP contribution in [0.2, 0.25) is 0 Å². The number of rotatable bonds is 8. The van der Waals surface area contributed by atoms with Crippen LogP contribution in [0.3, 0.4) is 0 Å². The highest BCUT2D eigenvalue weighted by Crippen LogP contribution is 2.38. The first-order valence-electron chi connectivity index (χ1n) is 11.4. The maximum Gasteiger partial charge on any atom is 0.405 e. The molecule has 1 aliphatic heterocycles. The Morgan fingerprint density at radius 2 is 1.37 bits per heavy atom. The first-order valence-corrected chi connectivity index (χ1v) is 14.1. The van der Waals surface area contributed by atoms with E-state index in [9.17, 15) is 26.0 Å². The van der Waals surface area contributed by atoms with Crippen molar-refractivity contribution in [1.82, 2.24) is 0 Å². The lowest BCUT2D eigenvalue weighted by molar-refractivity contribution is -0.328. The predicted molar refractivity (Wildman–Crippen MR) is 132 cm³/mol. The third kappa shape index (κ3) is 5.99. The summed E-state index contributed by atoms with van der Waals surface area (Å²) in [6.07, 6.45) is -2.13. The largest absolute Gasteiger partial charge is 0.483 e. The van der Waals surface area contributed by atoms with Crippen molar-refractivity contribution in [3.63, 3.8) is 0 Å². The summed E-state index contributed by atoms with van der Waals surface area (Å²) in [5.74, 6) is -4.37. The molecule has 1 saturated heterocycles. The lowest BCUT2D eigenvalue weighted by Crippen LogP contribution is -2.46. The molecule has 1 N–H and O–H groups in total. The van der Waals surface area contributed by atoms with E-state index in [0.29, 0.717) is 5.56 Å². The second-order valence-electron chi connectivity index (χ2n) is 8.79. The molecule has 1 heterocycles. The molecule has 1 aliphatic rings. The summed E-state index contributed by atoms with van der Waals surface area (Å²) >= 11 is 0. The van der Waals surface area contributed by atoms with Gasteiger partial charge in [-0.05, 0) is 74.5 Å². The lowest BCUT2D eigenvalue weighted by atomic mass is 10.1. The van der Waals surface area contributed by atoms with Crippen molar-refractivity contribution in [3.8, 4) is 5.75 Å². The van der Waals surface area contributed by atoms with Crippen LogP contribution < -0.4 is 4.74 Å². The van der Waals surface area contributed by atoms with Crippen molar-refractivity contribution in [3.05, 3.63) is 84.4 Å². The van der Waals surface area contributed by atoms with E-state index >= 15 is 0 Å². The van der Waals surface area contributed by atoms with Gasteiger partial charge >= 0.3 is 15.4 Å². The molecule has 0 spiro atoms. The molecule has 2 atom stereocenters. The van der Waals surface area contributed by atoms with E-state index in [4.69, 9.17) is 18.8 Å². The van der Waals surface area contributed by atoms with E-state index < -0.39 is 57.3 Å². The number of ether oxygens (including phenoxy) is 3. The van der Waals surface area contributed by atoms with Crippen molar-refractivity contribution in [1.29, 1.82) is 0 Å². The summed E-state index contributed by atoms with van der Waals surface area (Å²) in [6, 6.07) is 22.9. The molecule has 0 amide bonds. The van der Waals surface area contributed by atoms with Gasteiger partial charge in [0.1, 0.15) is 19.0 Å².